The minimum absolute atomic E-state index is 0.0672. The van der Waals surface area contributed by atoms with E-state index in [1.165, 1.54) is 16.4 Å². The molecule has 0 N–H and O–H groups in total. The molecule has 1 unspecified atom stereocenters. The van der Waals surface area contributed by atoms with E-state index in [2.05, 4.69) is 0 Å². The van der Waals surface area contributed by atoms with Gasteiger partial charge in [-0.2, -0.15) is 4.31 Å². The normalized spacial score (nSPS) is 19.5. The van der Waals surface area contributed by atoms with Crippen molar-refractivity contribution in [3.63, 3.8) is 0 Å². The summed E-state index contributed by atoms with van der Waals surface area (Å²) in [5.41, 5.74) is 1.01. The van der Waals surface area contributed by atoms with Gasteiger partial charge in [-0.15, -0.1) is 0 Å². The molecule has 2 aromatic carbocycles. The van der Waals surface area contributed by atoms with Crippen LogP contribution in [0.4, 0.5) is 4.39 Å². The first-order valence-corrected chi connectivity index (χ1v) is 9.49. The van der Waals surface area contributed by atoms with Gasteiger partial charge in [-0.1, -0.05) is 30.3 Å². The van der Waals surface area contributed by atoms with Crippen molar-refractivity contribution < 1.29 is 22.3 Å². The van der Waals surface area contributed by atoms with Crippen LogP contribution in [0.25, 0.3) is 0 Å². The molecule has 1 atom stereocenters. The van der Waals surface area contributed by atoms with E-state index in [9.17, 15) is 12.8 Å². The van der Waals surface area contributed by atoms with E-state index in [-0.39, 0.29) is 24.1 Å². The van der Waals surface area contributed by atoms with Gasteiger partial charge in [0.1, 0.15) is 5.82 Å². The lowest BCUT2D eigenvalue weighted by Crippen LogP contribution is -2.38. The van der Waals surface area contributed by atoms with Crippen molar-refractivity contribution >= 4 is 10.0 Å². The molecule has 1 aliphatic heterocycles. The van der Waals surface area contributed by atoms with Gasteiger partial charge in [0, 0.05) is 13.1 Å². The van der Waals surface area contributed by atoms with Crippen LogP contribution in [0.3, 0.4) is 0 Å². The Morgan fingerprint density at radius 3 is 2.56 bits per heavy atom. The molecule has 2 aromatic rings. The number of rotatable bonds is 5. The molecular weight excluding hydrogens is 345 g/mol. The second-order valence-corrected chi connectivity index (χ2v) is 7.75. The molecule has 0 saturated carbocycles. The highest BCUT2D eigenvalue weighted by Gasteiger charge is 2.29. The monoisotopic (exact) mass is 365 g/mol. The van der Waals surface area contributed by atoms with Crippen molar-refractivity contribution in [2.45, 2.75) is 17.6 Å². The molecule has 0 spiro atoms. The molecule has 0 bridgehead atoms. The zero-order chi connectivity index (χ0) is 17.7. The lowest BCUT2D eigenvalue weighted by atomic mass is 10.2. The number of sulfonamides is 1. The van der Waals surface area contributed by atoms with Gasteiger partial charge in [-0.05, 0) is 29.8 Å². The molecule has 7 heteroatoms. The molecule has 1 saturated heterocycles. The number of halogens is 1. The Hall–Kier alpha value is -1.80. The predicted molar refractivity (Wildman–Crippen MR) is 91.0 cm³/mol. The number of hydrogen-bond donors (Lipinski definition) is 0. The fourth-order valence-electron chi connectivity index (χ4n) is 2.62. The molecular formula is C18H20FNO4S. The summed E-state index contributed by atoms with van der Waals surface area (Å²) in [5.74, 6) is -0.470. The summed E-state index contributed by atoms with van der Waals surface area (Å²) in [5, 5.41) is 0. The number of hydrogen-bond acceptors (Lipinski definition) is 4. The maximum absolute atomic E-state index is 13.1. The van der Waals surface area contributed by atoms with Crippen LogP contribution in [0.1, 0.15) is 5.56 Å². The number of benzene rings is 2. The number of nitrogens with zero attached hydrogens (tertiary/aromatic N) is 1. The maximum Gasteiger partial charge on any atom is 0.243 e. The largest absolute Gasteiger partial charge is 0.377 e. The van der Waals surface area contributed by atoms with E-state index in [0.29, 0.717) is 19.8 Å². The molecule has 3 rings (SSSR count). The van der Waals surface area contributed by atoms with E-state index >= 15 is 0 Å². The molecule has 0 amide bonds. The zero-order valence-electron chi connectivity index (χ0n) is 13.7. The van der Waals surface area contributed by atoms with Crippen LogP contribution in [-0.2, 0) is 26.1 Å². The van der Waals surface area contributed by atoms with Gasteiger partial charge in [0.15, 0.2) is 0 Å². The lowest BCUT2D eigenvalue weighted by molar-refractivity contribution is -0.0116. The summed E-state index contributed by atoms with van der Waals surface area (Å²) >= 11 is 0. The summed E-state index contributed by atoms with van der Waals surface area (Å²) in [4.78, 5) is 0.0672. The van der Waals surface area contributed by atoms with Gasteiger partial charge in [-0.3, -0.25) is 0 Å². The van der Waals surface area contributed by atoms with Crippen LogP contribution >= 0.6 is 0 Å². The summed E-state index contributed by atoms with van der Waals surface area (Å²) in [7, 11) is -3.71. The fourth-order valence-corrected chi connectivity index (χ4v) is 4.07. The van der Waals surface area contributed by atoms with E-state index in [0.717, 1.165) is 17.7 Å². The second kappa shape index (κ2) is 8.05. The third kappa shape index (κ3) is 4.64. The van der Waals surface area contributed by atoms with Crippen LogP contribution in [-0.4, -0.2) is 45.1 Å². The first-order chi connectivity index (χ1) is 12.1. The Morgan fingerprint density at radius 1 is 1.12 bits per heavy atom. The highest BCUT2D eigenvalue weighted by Crippen LogP contribution is 2.19. The van der Waals surface area contributed by atoms with Crippen LogP contribution in [0.5, 0.6) is 0 Å². The zero-order valence-corrected chi connectivity index (χ0v) is 14.5. The van der Waals surface area contributed by atoms with Crippen molar-refractivity contribution in [2.24, 2.45) is 0 Å². The van der Waals surface area contributed by atoms with Gasteiger partial charge in [0.25, 0.3) is 0 Å². The fraction of sp³-hybridized carbons (Fsp3) is 0.333. The minimum atomic E-state index is -3.71. The molecule has 25 heavy (non-hydrogen) atoms. The van der Waals surface area contributed by atoms with Crippen LogP contribution < -0.4 is 0 Å². The van der Waals surface area contributed by atoms with Gasteiger partial charge in [0.2, 0.25) is 10.0 Å². The Labute approximate surface area is 147 Å². The van der Waals surface area contributed by atoms with Crippen molar-refractivity contribution in [2.75, 3.05) is 26.3 Å². The molecule has 1 fully saturated rings. The topological polar surface area (TPSA) is 55.8 Å². The van der Waals surface area contributed by atoms with E-state index in [4.69, 9.17) is 9.47 Å². The summed E-state index contributed by atoms with van der Waals surface area (Å²) in [6.45, 7) is 1.46. The first kappa shape index (κ1) is 18.0. The van der Waals surface area contributed by atoms with Crippen LogP contribution in [0.2, 0.25) is 0 Å². The van der Waals surface area contributed by atoms with Gasteiger partial charge < -0.3 is 9.47 Å². The highest BCUT2D eigenvalue weighted by molar-refractivity contribution is 7.89. The van der Waals surface area contributed by atoms with Crippen LogP contribution in [0, 0.1) is 5.82 Å². The van der Waals surface area contributed by atoms with Crippen LogP contribution in [0.15, 0.2) is 59.5 Å². The summed E-state index contributed by atoms with van der Waals surface area (Å²) in [6, 6.07) is 14.5. The third-order valence-corrected chi connectivity index (χ3v) is 5.86. The predicted octanol–water partition coefficient (Wildman–Crippen LogP) is 2.43. The summed E-state index contributed by atoms with van der Waals surface area (Å²) < 4.78 is 51.2. The SMILES string of the molecule is O=S(=O)(c1ccc(F)cc1)N1CCOCC(OCc2ccccc2)C1. The van der Waals surface area contributed by atoms with Gasteiger partial charge >= 0.3 is 0 Å². The highest BCUT2D eigenvalue weighted by atomic mass is 32.2. The van der Waals surface area contributed by atoms with Gasteiger partial charge in [-0.25, -0.2) is 12.8 Å². The lowest BCUT2D eigenvalue weighted by Gasteiger charge is -2.23. The van der Waals surface area contributed by atoms with E-state index in [1.807, 2.05) is 30.3 Å². The third-order valence-electron chi connectivity index (χ3n) is 3.98. The smallest absolute Gasteiger partial charge is 0.243 e. The molecule has 134 valence electrons. The molecule has 1 heterocycles. The minimum Gasteiger partial charge on any atom is -0.377 e. The van der Waals surface area contributed by atoms with Crippen molar-refractivity contribution in [3.05, 3.63) is 66.0 Å². The first-order valence-electron chi connectivity index (χ1n) is 8.05. The average molecular weight is 365 g/mol. The van der Waals surface area contributed by atoms with E-state index < -0.39 is 15.8 Å². The Morgan fingerprint density at radius 2 is 1.84 bits per heavy atom. The molecule has 0 aliphatic carbocycles. The Bertz CT molecular complexity index is 780. The standard InChI is InChI=1S/C18H20FNO4S/c19-16-6-8-18(9-7-16)25(21,22)20-10-11-23-14-17(12-20)24-13-15-4-2-1-3-5-15/h1-9,17H,10-14H2. The van der Waals surface area contributed by atoms with Crippen molar-refractivity contribution in [1.29, 1.82) is 0 Å². The summed E-state index contributed by atoms with van der Waals surface area (Å²) in [6.07, 6.45) is -0.363. The molecule has 1 aliphatic rings. The van der Waals surface area contributed by atoms with Crippen molar-refractivity contribution in [3.8, 4) is 0 Å². The Balaban J connectivity index is 1.69. The molecule has 0 radical (unpaired) electrons. The Kier molecular flexibility index (Phi) is 5.80. The molecule has 5 nitrogen and oxygen atoms in total. The quantitative estimate of drug-likeness (QED) is 0.817. The average Bonchev–Trinajstić information content (AvgIpc) is 2.87. The van der Waals surface area contributed by atoms with Crippen molar-refractivity contribution in [1.82, 2.24) is 4.31 Å². The second-order valence-electron chi connectivity index (χ2n) is 5.81. The number of ether oxygens (including phenoxy) is 2. The van der Waals surface area contributed by atoms with Gasteiger partial charge in [0.05, 0.1) is 30.8 Å². The maximum atomic E-state index is 13.1. The van der Waals surface area contributed by atoms with E-state index in [1.54, 1.807) is 0 Å². The molecule has 0 aromatic heterocycles.